The molecule has 1 fully saturated rings. The van der Waals surface area contributed by atoms with Crippen molar-refractivity contribution in [3.63, 3.8) is 0 Å². The Bertz CT molecular complexity index is 264. The van der Waals surface area contributed by atoms with Gasteiger partial charge in [0, 0.05) is 0 Å². The molecule has 2 atom stereocenters. The molecule has 1 aliphatic rings. The lowest BCUT2D eigenvalue weighted by atomic mass is 9.63. The fourth-order valence-electron chi connectivity index (χ4n) is 3.51. The molecule has 94 valence electrons. The molecule has 0 bridgehead atoms. The van der Waals surface area contributed by atoms with Crippen molar-refractivity contribution in [2.45, 2.75) is 67.7 Å². The Hall–Kier alpha value is -0.260. The predicted molar refractivity (Wildman–Crippen MR) is 73.5 cm³/mol. The van der Waals surface area contributed by atoms with Gasteiger partial charge in [-0.1, -0.05) is 46.3 Å². The second kappa shape index (κ2) is 4.55. The van der Waals surface area contributed by atoms with Gasteiger partial charge >= 0.3 is 0 Å². The normalized spacial score (nSPS) is 29.2. The van der Waals surface area contributed by atoms with Crippen molar-refractivity contribution >= 4 is 0 Å². The fraction of sp³-hybridized carbons (Fsp3) is 0.875. The summed E-state index contributed by atoms with van der Waals surface area (Å²) in [5.74, 6) is 1.74. The van der Waals surface area contributed by atoms with Gasteiger partial charge in [-0.25, -0.2) is 0 Å². The van der Waals surface area contributed by atoms with Crippen molar-refractivity contribution in [3.05, 3.63) is 11.6 Å². The van der Waals surface area contributed by atoms with E-state index in [9.17, 15) is 0 Å². The Morgan fingerprint density at radius 1 is 1.25 bits per heavy atom. The molecule has 0 heterocycles. The van der Waals surface area contributed by atoms with Crippen LogP contribution in [0.1, 0.15) is 67.7 Å². The predicted octanol–water partition coefficient (Wildman–Crippen LogP) is 5.44. The Kier molecular flexibility index (Phi) is 3.92. The van der Waals surface area contributed by atoms with Crippen LogP contribution in [0.5, 0.6) is 0 Å². The molecule has 0 spiro atoms. The molecule has 1 rings (SSSR count). The van der Waals surface area contributed by atoms with Crippen molar-refractivity contribution in [3.8, 4) is 0 Å². The summed E-state index contributed by atoms with van der Waals surface area (Å²) in [4.78, 5) is 0. The summed E-state index contributed by atoms with van der Waals surface area (Å²) in [6.07, 6.45) is 6.48. The van der Waals surface area contributed by atoms with Crippen molar-refractivity contribution < 1.29 is 0 Å². The number of allylic oxidation sites excluding steroid dienone is 2. The molecule has 1 aliphatic carbocycles. The van der Waals surface area contributed by atoms with Gasteiger partial charge in [-0.2, -0.15) is 0 Å². The third kappa shape index (κ3) is 2.70. The summed E-state index contributed by atoms with van der Waals surface area (Å²) in [7, 11) is 0. The minimum atomic E-state index is 0.450. The third-order valence-electron chi connectivity index (χ3n) is 5.04. The lowest BCUT2D eigenvalue weighted by Gasteiger charge is -2.42. The molecule has 0 amide bonds. The van der Waals surface area contributed by atoms with Crippen LogP contribution < -0.4 is 0 Å². The summed E-state index contributed by atoms with van der Waals surface area (Å²) < 4.78 is 0. The number of hydrogen-bond acceptors (Lipinski definition) is 0. The zero-order valence-corrected chi connectivity index (χ0v) is 12.4. The maximum absolute atomic E-state index is 2.47. The van der Waals surface area contributed by atoms with Crippen LogP contribution in [0.25, 0.3) is 0 Å². The second-order valence-corrected chi connectivity index (χ2v) is 7.33. The summed E-state index contributed by atoms with van der Waals surface area (Å²) in [6, 6.07) is 0. The summed E-state index contributed by atoms with van der Waals surface area (Å²) >= 11 is 0. The molecular weight excluding hydrogens is 192 g/mol. The fourth-order valence-corrected chi connectivity index (χ4v) is 3.51. The molecular formula is C16H30. The second-order valence-electron chi connectivity index (χ2n) is 7.33. The first kappa shape index (κ1) is 13.8. The Labute approximate surface area is 103 Å². The average molecular weight is 222 g/mol. The van der Waals surface area contributed by atoms with Crippen LogP contribution in [0.4, 0.5) is 0 Å². The number of rotatable bonds is 3. The molecule has 0 radical (unpaired) electrons. The first-order valence-corrected chi connectivity index (χ1v) is 6.81. The van der Waals surface area contributed by atoms with E-state index in [0.717, 1.165) is 11.8 Å². The molecule has 1 saturated carbocycles. The van der Waals surface area contributed by atoms with E-state index in [1.165, 1.54) is 24.8 Å². The van der Waals surface area contributed by atoms with Crippen LogP contribution in [-0.4, -0.2) is 0 Å². The summed E-state index contributed by atoms with van der Waals surface area (Å²) in [6.45, 7) is 16.7. The average Bonchev–Trinajstić information content (AvgIpc) is 2.39. The van der Waals surface area contributed by atoms with E-state index in [2.05, 4.69) is 54.5 Å². The smallest absolute Gasteiger partial charge is 0.0286 e. The summed E-state index contributed by atoms with van der Waals surface area (Å²) in [5.41, 5.74) is 2.42. The van der Waals surface area contributed by atoms with E-state index in [1.54, 1.807) is 0 Å². The highest BCUT2D eigenvalue weighted by molar-refractivity contribution is 5.02. The highest BCUT2D eigenvalue weighted by atomic mass is 14.5. The van der Waals surface area contributed by atoms with E-state index >= 15 is 0 Å². The highest BCUT2D eigenvalue weighted by Crippen LogP contribution is 2.55. The molecule has 0 N–H and O–H groups in total. The van der Waals surface area contributed by atoms with Gasteiger partial charge in [-0.05, 0) is 55.8 Å². The zero-order chi connectivity index (χ0) is 12.6. The van der Waals surface area contributed by atoms with Crippen molar-refractivity contribution in [2.75, 3.05) is 0 Å². The SMILES string of the molecule is CC(C)=CCC(C)(C)C1CCC(C)C1(C)C. The van der Waals surface area contributed by atoms with E-state index in [1.807, 2.05) is 0 Å². The molecule has 2 unspecified atom stereocenters. The van der Waals surface area contributed by atoms with Gasteiger partial charge in [-0.15, -0.1) is 0 Å². The lowest BCUT2D eigenvalue weighted by molar-refractivity contribution is 0.0808. The molecule has 0 nitrogen and oxygen atoms in total. The maximum Gasteiger partial charge on any atom is -0.0286 e. The Morgan fingerprint density at radius 2 is 1.81 bits per heavy atom. The summed E-state index contributed by atoms with van der Waals surface area (Å²) in [5, 5.41) is 0. The molecule has 0 aromatic rings. The monoisotopic (exact) mass is 222 g/mol. The van der Waals surface area contributed by atoms with Gasteiger partial charge in [0.15, 0.2) is 0 Å². The van der Waals surface area contributed by atoms with Crippen molar-refractivity contribution in [1.82, 2.24) is 0 Å². The first-order valence-electron chi connectivity index (χ1n) is 6.81. The minimum absolute atomic E-state index is 0.450. The van der Waals surface area contributed by atoms with E-state index in [-0.39, 0.29) is 0 Å². The first-order chi connectivity index (χ1) is 7.18. The van der Waals surface area contributed by atoms with Gasteiger partial charge in [0.25, 0.3) is 0 Å². The van der Waals surface area contributed by atoms with Crippen LogP contribution in [0.3, 0.4) is 0 Å². The van der Waals surface area contributed by atoms with Crippen LogP contribution in [0, 0.1) is 22.7 Å². The van der Waals surface area contributed by atoms with Gasteiger partial charge in [0.05, 0.1) is 0 Å². The Morgan fingerprint density at radius 3 is 2.19 bits per heavy atom. The van der Waals surface area contributed by atoms with Gasteiger partial charge in [0.2, 0.25) is 0 Å². The highest BCUT2D eigenvalue weighted by Gasteiger charge is 2.46. The van der Waals surface area contributed by atoms with E-state index < -0.39 is 0 Å². The van der Waals surface area contributed by atoms with Gasteiger partial charge in [-0.3, -0.25) is 0 Å². The van der Waals surface area contributed by atoms with E-state index in [4.69, 9.17) is 0 Å². The van der Waals surface area contributed by atoms with Crippen molar-refractivity contribution in [1.29, 1.82) is 0 Å². The Balaban J connectivity index is 2.80. The van der Waals surface area contributed by atoms with Gasteiger partial charge < -0.3 is 0 Å². The van der Waals surface area contributed by atoms with Crippen LogP contribution in [0.2, 0.25) is 0 Å². The molecule has 0 aromatic heterocycles. The number of hydrogen-bond donors (Lipinski definition) is 0. The van der Waals surface area contributed by atoms with Crippen LogP contribution >= 0.6 is 0 Å². The lowest BCUT2D eigenvalue weighted by Crippen LogP contribution is -2.34. The molecule has 0 saturated heterocycles. The van der Waals surface area contributed by atoms with Gasteiger partial charge in [0.1, 0.15) is 0 Å². The molecule has 0 aromatic carbocycles. The topological polar surface area (TPSA) is 0 Å². The quantitative estimate of drug-likeness (QED) is 0.558. The standard InChI is InChI=1S/C16H30/c1-12(2)10-11-15(4,5)14-9-8-13(3)16(14,6)7/h10,13-14H,8-9,11H2,1-7H3. The minimum Gasteiger partial charge on any atom is -0.0853 e. The molecule has 0 heteroatoms. The van der Waals surface area contributed by atoms with E-state index in [0.29, 0.717) is 10.8 Å². The van der Waals surface area contributed by atoms with Crippen LogP contribution in [-0.2, 0) is 0 Å². The van der Waals surface area contributed by atoms with Crippen molar-refractivity contribution in [2.24, 2.45) is 22.7 Å². The third-order valence-corrected chi connectivity index (χ3v) is 5.04. The zero-order valence-electron chi connectivity index (χ0n) is 12.4. The van der Waals surface area contributed by atoms with Crippen LogP contribution in [0.15, 0.2) is 11.6 Å². The largest absolute Gasteiger partial charge is 0.0853 e. The maximum atomic E-state index is 2.47. The molecule has 0 aliphatic heterocycles. The molecule has 16 heavy (non-hydrogen) atoms.